The number of methoxy groups -OCH3 is 1. The quantitative estimate of drug-likeness (QED) is 0.620. The molecule has 0 aliphatic heterocycles. The molecule has 23 heavy (non-hydrogen) atoms. The van der Waals surface area contributed by atoms with Crippen LogP contribution in [0.1, 0.15) is 20.3 Å². The van der Waals surface area contributed by atoms with Gasteiger partial charge in [-0.05, 0) is 55.6 Å². The van der Waals surface area contributed by atoms with Crippen molar-refractivity contribution in [3.05, 3.63) is 24.3 Å². The van der Waals surface area contributed by atoms with Gasteiger partial charge in [0.15, 0.2) is 0 Å². The summed E-state index contributed by atoms with van der Waals surface area (Å²) in [4.78, 5) is 24.0. The van der Waals surface area contributed by atoms with Crippen LogP contribution in [0.2, 0.25) is 0 Å². The van der Waals surface area contributed by atoms with Crippen LogP contribution < -0.4 is 0 Å². The monoisotopic (exact) mass is 354 g/mol. The zero-order chi connectivity index (χ0) is 18.9. The van der Waals surface area contributed by atoms with Gasteiger partial charge in [-0.2, -0.15) is 0 Å². The van der Waals surface area contributed by atoms with Gasteiger partial charge in [0.1, 0.15) is 0 Å². The number of carboxylic acids is 1. The molecule has 0 aromatic heterocycles. The van der Waals surface area contributed by atoms with Crippen LogP contribution >= 0.6 is 12.4 Å². The molecular formula is C16H35ClN2O4. The van der Waals surface area contributed by atoms with E-state index in [2.05, 4.69) is 17.9 Å². The highest BCUT2D eigenvalue weighted by atomic mass is 35.5. The van der Waals surface area contributed by atoms with Gasteiger partial charge in [-0.1, -0.05) is 20.1 Å². The first-order valence-electron chi connectivity index (χ1n) is 6.70. The number of carbonyl (C=O) groups is 2. The number of hydrogen-bond donors (Lipinski definition) is 1. The normalized spacial score (nSPS) is 7.96. The maximum Gasteiger partial charge on any atom is 0.332 e. The van der Waals surface area contributed by atoms with E-state index in [0.29, 0.717) is 12.0 Å². The number of rotatable bonds is 3. The first kappa shape index (κ1) is 33.3. The molecule has 140 valence electrons. The molecule has 7 heteroatoms. The Morgan fingerprint density at radius 1 is 1.00 bits per heavy atom. The van der Waals surface area contributed by atoms with Crippen molar-refractivity contribution in [2.24, 2.45) is 0 Å². The van der Waals surface area contributed by atoms with Gasteiger partial charge in [0.25, 0.3) is 0 Å². The number of nitrogens with zero attached hydrogens (tertiary/aromatic N) is 2. The standard InChI is InChI=1S/2C5H8O2.2C3H9N.ClH/c1-4(2)5(6)7-3;1-3-4(2)5(6)7;2*1-4(2)3;/h1H2,2-3H3;2-3H2,1H3,(H,6,7);2*1-3H3;1H. The van der Waals surface area contributed by atoms with Crippen LogP contribution in [-0.4, -0.2) is 76.2 Å². The molecule has 0 bridgehead atoms. The van der Waals surface area contributed by atoms with E-state index >= 15 is 0 Å². The Morgan fingerprint density at radius 3 is 1.26 bits per heavy atom. The molecule has 0 aliphatic carbocycles. The van der Waals surface area contributed by atoms with Crippen LogP contribution in [-0.2, 0) is 14.3 Å². The predicted molar refractivity (Wildman–Crippen MR) is 100 cm³/mol. The second kappa shape index (κ2) is 22.9. The van der Waals surface area contributed by atoms with E-state index in [-0.39, 0.29) is 23.9 Å². The van der Waals surface area contributed by atoms with E-state index in [9.17, 15) is 9.59 Å². The van der Waals surface area contributed by atoms with Crippen LogP contribution in [0.5, 0.6) is 0 Å². The third kappa shape index (κ3) is 63.4. The van der Waals surface area contributed by atoms with E-state index in [4.69, 9.17) is 5.11 Å². The molecule has 0 rings (SSSR count). The average molecular weight is 355 g/mol. The van der Waals surface area contributed by atoms with Crippen molar-refractivity contribution in [2.45, 2.75) is 20.3 Å². The second-order valence-electron chi connectivity index (χ2n) is 5.22. The lowest BCUT2D eigenvalue weighted by atomic mass is 10.2. The van der Waals surface area contributed by atoms with Crippen LogP contribution in [0.4, 0.5) is 0 Å². The molecule has 0 saturated heterocycles. The van der Waals surface area contributed by atoms with Gasteiger partial charge in [-0.3, -0.25) is 0 Å². The molecule has 0 unspecified atom stereocenters. The first-order valence-corrected chi connectivity index (χ1v) is 6.70. The Morgan fingerprint density at radius 2 is 1.26 bits per heavy atom. The van der Waals surface area contributed by atoms with Gasteiger partial charge in [0.05, 0.1) is 7.11 Å². The van der Waals surface area contributed by atoms with Gasteiger partial charge in [0.2, 0.25) is 0 Å². The van der Waals surface area contributed by atoms with Gasteiger partial charge >= 0.3 is 11.9 Å². The molecule has 0 heterocycles. The molecule has 0 radical (unpaired) electrons. The van der Waals surface area contributed by atoms with Crippen LogP contribution in [0.25, 0.3) is 0 Å². The van der Waals surface area contributed by atoms with Crippen molar-refractivity contribution in [3.63, 3.8) is 0 Å². The molecule has 0 saturated carbocycles. The zero-order valence-electron chi connectivity index (χ0n) is 16.1. The van der Waals surface area contributed by atoms with E-state index < -0.39 is 5.97 Å². The summed E-state index contributed by atoms with van der Waals surface area (Å²) in [6.07, 6.45) is 0.523. The predicted octanol–water partition coefficient (Wildman–Crippen LogP) is 2.55. The van der Waals surface area contributed by atoms with E-state index in [1.54, 1.807) is 13.8 Å². The van der Waals surface area contributed by atoms with Crippen molar-refractivity contribution in [3.8, 4) is 0 Å². The highest BCUT2D eigenvalue weighted by molar-refractivity contribution is 5.86. The number of esters is 1. The molecule has 0 amide bonds. The highest BCUT2D eigenvalue weighted by Crippen LogP contribution is 1.93. The Bertz CT molecular complexity index is 293. The number of hydrogen-bond acceptors (Lipinski definition) is 5. The summed E-state index contributed by atoms with van der Waals surface area (Å²) in [6.45, 7) is 9.99. The summed E-state index contributed by atoms with van der Waals surface area (Å²) in [6, 6.07) is 0. The summed E-state index contributed by atoms with van der Waals surface area (Å²) in [7, 11) is 13.3. The lowest BCUT2D eigenvalue weighted by Crippen LogP contribution is -1.99. The first-order chi connectivity index (χ1) is 9.83. The number of halogens is 1. The minimum Gasteiger partial charge on any atom is -0.478 e. The molecule has 0 aliphatic rings. The number of carboxylic acid groups (broad SMARTS) is 1. The maximum absolute atomic E-state index is 10.2. The molecule has 0 atom stereocenters. The van der Waals surface area contributed by atoms with Crippen molar-refractivity contribution in [1.82, 2.24) is 9.80 Å². The minimum absolute atomic E-state index is 0. The van der Waals surface area contributed by atoms with E-state index in [0.717, 1.165) is 0 Å². The van der Waals surface area contributed by atoms with Crippen molar-refractivity contribution < 1.29 is 19.4 Å². The summed E-state index contributed by atoms with van der Waals surface area (Å²) in [5.74, 6) is -1.25. The molecule has 6 nitrogen and oxygen atoms in total. The molecule has 0 spiro atoms. The van der Waals surface area contributed by atoms with Gasteiger partial charge in [0, 0.05) is 11.1 Å². The van der Waals surface area contributed by atoms with Crippen LogP contribution in [0, 0.1) is 0 Å². The minimum atomic E-state index is -0.900. The van der Waals surface area contributed by atoms with E-state index in [1.807, 2.05) is 52.1 Å². The van der Waals surface area contributed by atoms with Crippen molar-refractivity contribution in [2.75, 3.05) is 49.4 Å². The third-order valence-corrected chi connectivity index (χ3v) is 1.26. The molecular weight excluding hydrogens is 320 g/mol. The summed E-state index contributed by atoms with van der Waals surface area (Å²) < 4.78 is 4.27. The topological polar surface area (TPSA) is 70.1 Å². The summed E-state index contributed by atoms with van der Waals surface area (Å²) in [5, 5.41) is 8.08. The number of aliphatic carboxylic acids is 1. The van der Waals surface area contributed by atoms with E-state index in [1.165, 1.54) is 7.11 Å². The van der Waals surface area contributed by atoms with Gasteiger partial charge < -0.3 is 19.6 Å². The fraction of sp³-hybridized carbons (Fsp3) is 0.625. The largest absolute Gasteiger partial charge is 0.478 e. The second-order valence-corrected chi connectivity index (χ2v) is 5.22. The summed E-state index contributed by atoms with van der Waals surface area (Å²) >= 11 is 0. The Kier molecular flexibility index (Phi) is 33.1. The smallest absolute Gasteiger partial charge is 0.332 e. The van der Waals surface area contributed by atoms with Crippen molar-refractivity contribution in [1.29, 1.82) is 0 Å². The zero-order valence-corrected chi connectivity index (χ0v) is 16.9. The number of ether oxygens (including phenoxy) is 1. The number of carbonyl (C=O) groups excluding carboxylic acids is 1. The lowest BCUT2D eigenvalue weighted by molar-refractivity contribution is -0.136. The maximum atomic E-state index is 10.2. The lowest BCUT2D eigenvalue weighted by Gasteiger charge is -1.91. The fourth-order valence-electron chi connectivity index (χ4n) is 0.325. The third-order valence-electron chi connectivity index (χ3n) is 1.26. The summed E-state index contributed by atoms with van der Waals surface area (Å²) in [5.41, 5.74) is 0.697. The Labute approximate surface area is 148 Å². The highest BCUT2D eigenvalue weighted by Gasteiger charge is 1.96. The Hall–Kier alpha value is -1.37. The Balaban J connectivity index is -0.0000000639. The average Bonchev–Trinajstić information content (AvgIpc) is 2.35. The van der Waals surface area contributed by atoms with Gasteiger partial charge in [-0.15, -0.1) is 12.4 Å². The van der Waals surface area contributed by atoms with Gasteiger partial charge in [-0.25, -0.2) is 9.59 Å². The van der Waals surface area contributed by atoms with Crippen LogP contribution in [0.3, 0.4) is 0 Å². The molecule has 0 aromatic carbocycles. The molecule has 0 aromatic rings. The van der Waals surface area contributed by atoms with Crippen LogP contribution in [0.15, 0.2) is 24.3 Å². The SMILES string of the molecule is C=C(C)C(=O)OC.C=C(CC)C(=O)O.CN(C)C.CN(C)C.Cl. The van der Waals surface area contributed by atoms with Crippen molar-refractivity contribution >= 4 is 24.3 Å². The molecule has 1 N–H and O–H groups in total. The fourth-order valence-corrected chi connectivity index (χ4v) is 0.325. The molecule has 0 fully saturated rings.